The Morgan fingerprint density at radius 3 is 2.36 bits per heavy atom. The third-order valence-corrected chi connectivity index (χ3v) is 5.45. The Morgan fingerprint density at radius 2 is 1.70 bits per heavy atom. The fourth-order valence-corrected chi connectivity index (χ4v) is 3.74. The summed E-state index contributed by atoms with van der Waals surface area (Å²) in [6.07, 6.45) is -2.25. The van der Waals surface area contributed by atoms with Gasteiger partial charge in [0.2, 0.25) is 5.91 Å². The smallest absolute Gasteiger partial charge is 0.441 e. The Balaban J connectivity index is 1.20. The summed E-state index contributed by atoms with van der Waals surface area (Å²) in [4.78, 5) is 20.9. The number of amides is 1. The van der Waals surface area contributed by atoms with Crippen LogP contribution in [0.4, 0.5) is 13.2 Å². The minimum Gasteiger partial charge on any atom is -0.441 e. The minimum atomic E-state index is -4.69. The van der Waals surface area contributed by atoms with Gasteiger partial charge < -0.3 is 14.1 Å². The lowest BCUT2D eigenvalue weighted by Crippen LogP contribution is -2.48. The van der Waals surface area contributed by atoms with Gasteiger partial charge in [0.15, 0.2) is 11.7 Å². The first kappa shape index (κ1) is 22.8. The zero-order chi connectivity index (χ0) is 23.3. The number of aromatic nitrogens is 1. The number of benzene rings is 2. The Labute approximate surface area is 189 Å². The molecule has 174 valence electrons. The highest BCUT2D eigenvalue weighted by molar-refractivity contribution is 5.76. The average molecular weight is 459 g/mol. The molecule has 0 unspecified atom stereocenters. The van der Waals surface area contributed by atoms with Crippen LogP contribution in [0.5, 0.6) is 5.75 Å². The van der Waals surface area contributed by atoms with Crippen LogP contribution >= 0.6 is 0 Å². The van der Waals surface area contributed by atoms with Crippen LogP contribution in [0.15, 0.2) is 65.2 Å². The number of oxazole rings is 1. The minimum absolute atomic E-state index is 0.0581. The van der Waals surface area contributed by atoms with Crippen molar-refractivity contribution in [2.75, 3.05) is 26.2 Å². The van der Waals surface area contributed by atoms with Crippen LogP contribution in [0.2, 0.25) is 0 Å². The molecule has 6 nitrogen and oxygen atoms in total. The summed E-state index contributed by atoms with van der Waals surface area (Å²) in [5.41, 5.74) is 1.84. The van der Waals surface area contributed by atoms with Gasteiger partial charge in [-0.25, -0.2) is 4.98 Å². The molecule has 9 heteroatoms. The number of carbonyl (C=O) groups is 1. The second kappa shape index (κ2) is 10.1. The van der Waals surface area contributed by atoms with E-state index < -0.39 is 6.36 Å². The van der Waals surface area contributed by atoms with Gasteiger partial charge in [-0.15, -0.1) is 13.2 Å². The van der Waals surface area contributed by atoms with Crippen LogP contribution in [-0.2, 0) is 17.8 Å². The maximum absolute atomic E-state index is 12.6. The first-order valence-electron chi connectivity index (χ1n) is 10.7. The van der Waals surface area contributed by atoms with Crippen molar-refractivity contribution in [2.24, 2.45) is 0 Å². The first-order chi connectivity index (χ1) is 15.9. The summed E-state index contributed by atoms with van der Waals surface area (Å²) < 4.78 is 46.5. The molecule has 1 aliphatic rings. The highest BCUT2D eigenvalue weighted by Crippen LogP contribution is 2.23. The summed E-state index contributed by atoms with van der Waals surface area (Å²) in [6, 6.07) is 15.6. The van der Waals surface area contributed by atoms with Crippen molar-refractivity contribution in [1.29, 1.82) is 0 Å². The van der Waals surface area contributed by atoms with Crippen LogP contribution in [0.25, 0.3) is 11.3 Å². The molecule has 4 rings (SSSR count). The number of rotatable bonds is 7. The number of aryl methyl sites for hydroxylation is 1. The molecule has 1 aliphatic heterocycles. The normalized spacial score (nSPS) is 14.9. The molecule has 1 amide bonds. The predicted octanol–water partition coefficient (Wildman–Crippen LogP) is 4.52. The first-order valence-corrected chi connectivity index (χ1v) is 10.7. The standard InChI is InChI=1S/C24H24F3N3O3/c25-24(26,27)33-20-8-6-18(7-9-20)17-29-12-14-30(15-13-29)23(31)11-10-22-28-16-21(32-22)19-4-2-1-3-5-19/h1-9,16H,10-15,17H2. The molecule has 0 spiro atoms. The number of halogens is 3. The largest absolute Gasteiger partial charge is 0.573 e. The SMILES string of the molecule is O=C(CCc1ncc(-c2ccccc2)o1)N1CCN(Cc2ccc(OC(F)(F)F)cc2)CC1. The van der Waals surface area contributed by atoms with Crippen molar-refractivity contribution >= 4 is 5.91 Å². The molecule has 3 aromatic rings. The van der Waals surface area contributed by atoms with Crippen LogP contribution in [-0.4, -0.2) is 53.2 Å². The Morgan fingerprint density at radius 1 is 1.00 bits per heavy atom. The molecule has 1 saturated heterocycles. The molecule has 2 aromatic carbocycles. The number of ether oxygens (including phenoxy) is 1. The zero-order valence-corrected chi connectivity index (χ0v) is 17.9. The van der Waals surface area contributed by atoms with E-state index in [1.54, 1.807) is 18.3 Å². The molecule has 0 aliphatic carbocycles. The van der Waals surface area contributed by atoms with Crippen LogP contribution < -0.4 is 4.74 Å². The number of hydrogen-bond donors (Lipinski definition) is 0. The predicted molar refractivity (Wildman–Crippen MR) is 115 cm³/mol. The number of alkyl halides is 3. The van der Waals surface area contributed by atoms with E-state index in [1.807, 2.05) is 35.2 Å². The third-order valence-electron chi connectivity index (χ3n) is 5.45. The van der Waals surface area contributed by atoms with E-state index in [-0.39, 0.29) is 11.7 Å². The van der Waals surface area contributed by atoms with Crippen molar-refractivity contribution in [3.8, 4) is 17.1 Å². The van der Waals surface area contributed by atoms with Gasteiger partial charge in [0.05, 0.1) is 6.20 Å². The Bertz CT molecular complexity index is 1040. The van der Waals surface area contributed by atoms with E-state index in [4.69, 9.17) is 4.42 Å². The van der Waals surface area contributed by atoms with Crippen LogP contribution in [0, 0.1) is 0 Å². The molecule has 0 radical (unpaired) electrons. The maximum atomic E-state index is 12.6. The summed E-state index contributed by atoms with van der Waals surface area (Å²) in [5.74, 6) is 1.05. The molecule has 1 aromatic heterocycles. The number of nitrogens with zero attached hydrogens (tertiary/aromatic N) is 3. The van der Waals surface area contributed by atoms with Gasteiger partial charge in [0.1, 0.15) is 5.75 Å². The molecule has 0 N–H and O–H groups in total. The van der Waals surface area contributed by atoms with Crippen LogP contribution in [0.1, 0.15) is 17.9 Å². The number of carbonyl (C=O) groups excluding carboxylic acids is 1. The number of piperazine rings is 1. The number of hydrogen-bond acceptors (Lipinski definition) is 5. The lowest BCUT2D eigenvalue weighted by Gasteiger charge is -2.34. The quantitative estimate of drug-likeness (QED) is 0.520. The third kappa shape index (κ3) is 6.58. The molecule has 0 saturated carbocycles. The van der Waals surface area contributed by atoms with Crippen molar-refractivity contribution in [3.05, 3.63) is 72.2 Å². The van der Waals surface area contributed by atoms with Crippen molar-refractivity contribution in [1.82, 2.24) is 14.8 Å². The second-order valence-electron chi connectivity index (χ2n) is 7.83. The van der Waals surface area contributed by atoms with E-state index in [9.17, 15) is 18.0 Å². The molecule has 1 fully saturated rings. The average Bonchev–Trinajstić information content (AvgIpc) is 3.28. The summed E-state index contributed by atoms with van der Waals surface area (Å²) in [6.45, 7) is 3.21. The van der Waals surface area contributed by atoms with Gasteiger partial charge in [-0.3, -0.25) is 9.69 Å². The van der Waals surface area contributed by atoms with E-state index in [1.165, 1.54) is 12.1 Å². The van der Waals surface area contributed by atoms with E-state index in [0.29, 0.717) is 57.2 Å². The van der Waals surface area contributed by atoms with Gasteiger partial charge >= 0.3 is 6.36 Å². The molecule has 2 heterocycles. The fourth-order valence-electron chi connectivity index (χ4n) is 3.74. The molecule has 33 heavy (non-hydrogen) atoms. The molecule has 0 bridgehead atoms. The van der Waals surface area contributed by atoms with Crippen molar-refractivity contribution < 1.29 is 27.1 Å². The van der Waals surface area contributed by atoms with Gasteiger partial charge in [0.25, 0.3) is 0 Å². The molecular weight excluding hydrogens is 435 g/mol. The monoisotopic (exact) mass is 459 g/mol. The summed E-state index contributed by atoms with van der Waals surface area (Å²) in [5, 5.41) is 0. The lowest BCUT2D eigenvalue weighted by atomic mass is 10.2. The Hall–Kier alpha value is -3.33. The van der Waals surface area contributed by atoms with E-state index >= 15 is 0 Å². The highest BCUT2D eigenvalue weighted by atomic mass is 19.4. The van der Waals surface area contributed by atoms with Crippen LogP contribution in [0.3, 0.4) is 0 Å². The van der Waals surface area contributed by atoms with Gasteiger partial charge in [-0.05, 0) is 17.7 Å². The van der Waals surface area contributed by atoms with Gasteiger partial charge in [0, 0.05) is 51.1 Å². The summed E-state index contributed by atoms with van der Waals surface area (Å²) in [7, 11) is 0. The zero-order valence-electron chi connectivity index (χ0n) is 17.9. The summed E-state index contributed by atoms with van der Waals surface area (Å²) >= 11 is 0. The van der Waals surface area contributed by atoms with Gasteiger partial charge in [-0.2, -0.15) is 0 Å². The second-order valence-corrected chi connectivity index (χ2v) is 7.83. The maximum Gasteiger partial charge on any atom is 0.573 e. The van der Waals surface area contributed by atoms with E-state index in [2.05, 4.69) is 14.6 Å². The topological polar surface area (TPSA) is 58.8 Å². The molecule has 0 atom stereocenters. The van der Waals surface area contributed by atoms with Crippen molar-refractivity contribution in [2.45, 2.75) is 25.7 Å². The van der Waals surface area contributed by atoms with Gasteiger partial charge in [-0.1, -0.05) is 42.5 Å². The molecular formula is C24H24F3N3O3. The highest BCUT2D eigenvalue weighted by Gasteiger charge is 2.31. The Kier molecular flexibility index (Phi) is 6.98. The van der Waals surface area contributed by atoms with Crippen molar-refractivity contribution in [3.63, 3.8) is 0 Å². The lowest BCUT2D eigenvalue weighted by molar-refractivity contribution is -0.274. The fraction of sp³-hybridized carbons (Fsp3) is 0.333. The van der Waals surface area contributed by atoms with E-state index in [0.717, 1.165) is 11.1 Å².